The Morgan fingerprint density at radius 2 is 1.53 bits per heavy atom. The van der Waals surface area contributed by atoms with Crippen LogP contribution in [0.2, 0.25) is 0 Å². The molecule has 0 saturated carbocycles. The fraction of sp³-hybridized carbons (Fsp3) is 0.207. The molecular formula is C29H24NNaO11S. The van der Waals surface area contributed by atoms with Crippen molar-refractivity contribution in [3.63, 3.8) is 0 Å². The van der Waals surface area contributed by atoms with Crippen LogP contribution in [0.5, 0.6) is 34.5 Å². The van der Waals surface area contributed by atoms with E-state index in [4.69, 9.17) is 23.4 Å². The zero-order chi connectivity index (χ0) is 29.9. The van der Waals surface area contributed by atoms with Crippen LogP contribution in [0.4, 0.5) is 0 Å². The molecule has 6 rings (SSSR count). The number of phenols is 1. The van der Waals surface area contributed by atoms with Crippen molar-refractivity contribution in [3.05, 3.63) is 58.4 Å². The second-order valence-corrected chi connectivity index (χ2v) is 10.5. The number of methoxy groups -OCH3 is 4. The van der Waals surface area contributed by atoms with Crippen LogP contribution in [0, 0.1) is 0 Å². The van der Waals surface area contributed by atoms with Crippen molar-refractivity contribution >= 4 is 32.3 Å². The third-order valence-corrected chi connectivity index (χ3v) is 7.71. The number of aromatic nitrogens is 1. The molecule has 3 heterocycles. The summed E-state index contributed by atoms with van der Waals surface area (Å²) in [5, 5.41) is 11.6. The fourth-order valence-corrected chi connectivity index (χ4v) is 5.96. The van der Waals surface area contributed by atoms with Gasteiger partial charge in [0.05, 0.1) is 34.1 Å². The molecule has 0 spiro atoms. The first kappa shape index (κ1) is 30.6. The first-order valence-corrected chi connectivity index (χ1v) is 13.9. The fourth-order valence-electron chi connectivity index (χ4n) is 5.61. The molecule has 3 aromatic carbocycles. The van der Waals surface area contributed by atoms with Crippen LogP contribution in [0.3, 0.4) is 0 Å². The minimum atomic E-state index is -5.16. The topological polar surface area (TPSA) is 159 Å². The number of nitrogens with zero attached hydrogens (tertiary/aromatic N) is 1. The van der Waals surface area contributed by atoms with Gasteiger partial charge in [0.1, 0.15) is 11.1 Å². The van der Waals surface area contributed by atoms with Crippen molar-refractivity contribution in [3.8, 4) is 56.9 Å². The molecule has 12 nitrogen and oxygen atoms in total. The predicted octanol–water partition coefficient (Wildman–Crippen LogP) is 1.22. The SMILES string of the molecule is COc1ccc(-c2c3n(c4c(=O)oc5cc(OS(=O)(=O)[O-])c(OC)cc5c24)CCc2cc(OC)c(OC)cc2-3)cc1O.[Na+]. The van der Waals surface area contributed by atoms with Crippen molar-refractivity contribution in [2.45, 2.75) is 13.0 Å². The molecule has 1 aliphatic heterocycles. The van der Waals surface area contributed by atoms with Crippen molar-refractivity contribution < 1.29 is 75.2 Å². The van der Waals surface area contributed by atoms with Gasteiger partial charge in [-0.05, 0) is 47.9 Å². The zero-order valence-corrected chi connectivity index (χ0v) is 26.7. The Balaban J connectivity index is 0.00000368. The van der Waals surface area contributed by atoms with Crippen LogP contribution >= 0.6 is 0 Å². The van der Waals surface area contributed by atoms with Crippen LogP contribution in [0.15, 0.2) is 51.7 Å². The van der Waals surface area contributed by atoms with E-state index in [0.29, 0.717) is 52.1 Å². The number of hydrogen-bond acceptors (Lipinski definition) is 11. The largest absolute Gasteiger partial charge is 1.00 e. The number of rotatable bonds is 7. The minimum absolute atomic E-state index is 0. The normalized spacial score (nSPS) is 12.3. The van der Waals surface area contributed by atoms with E-state index < -0.39 is 21.8 Å². The molecule has 1 N–H and O–H groups in total. The third kappa shape index (κ3) is 5.06. The Kier molecular flexibility index (Phi) is 8.05. The second-order valence-electron chi connectivity index (χ2n) is 9.48. The maximum Gasteiger partial charge on any atom is 1.00 e. The number of ether oxygens (including phenoxy) is 4. The molecule has 2 aromatic heterocycles. The van der Waals surface area contributed by atoms with E-state index in [2.05, 4.69) is 4.18 Å². The average molecular weight is 618 g/mol. The van der Waals surface area contributed by atoms with Gasteiger partial charge in [0.25, 0.3) is 10.4 Å². The van der Waals surface area contributed by atoms with Crippen LogP contribution in [-0.4, -0.2) is 51.1 Å². The molecule has 5 aromatic rings. The number of benzene rings is 3. The number of hydrogen-bond donors (Lipinski definition) is 1. The van der Waals surface area contributed by atoms with E-state index in [9.17, 15) is 22.9 Å². The van der Waals surface area contributed by atoms with E-state index in [1.165, 1.54) is 33.5 Å². The molecule has 0 unspecified atom stereocenters. The van der Waals surface area contributed by atoms with Crippen LogP contribution in [-0.2, 0) is 23.4 Å². The van der Waals surface area contributed by atoms with E-state index in [1.807, 2.05) is 16.7 Å². The molecule has 0 atom stereocenters. The van der Waals surface area contributed by atoms with Gasteiger partial charge in [-0.15, -0.1) is 0 Å². The Labute approximate surface area is 267 Å². The predicted molar refractivity (Wildman–Crippen MR) is 151 cm³/mol. The van der Waals surface area contributed by atoms with Gasteiger partial charge in [0.15, 0.2) is 34.5 Å². The van der Waals surface area contributed by atoms with Crippen LogP contribution in [0.25, 0.3) is 44.3 Å². The summed E-state index contributed by atoms with van der Waals surface area (Å²) in [7, 11) is 0.644. The van der Waals surface area contributed by atoms with Gasteiger partial charge in [0, 0.05) is 34.5 Å². The summed E-state index contributed by atoms with van der Waals surface area (Å²) in [6.45, 7) is 0.416. The van der Waals surface area contributed by atoms with Crippen molar-refractivity contribution in [1.29, 1.82) is 0 Å². The molecule has 0 saturated heterocycles. The Morgan fingerprint density at radius 3 is 2.16 bits per heavy atom. The summed E-state index contributed by atoms with van der Waals surface area (Å²) in [5.74, 6) is 0.675. The number of fused-ring (bicyclic) bond motifs is 7. The molecule has 0 bridgehead atoms. The molecule has 0 amide bonds. The summed E-state index contributed by atoms with van der Waals surface area (Å²) in [6, 6.07) is 11.2. The monoisotopic (exact) mass is 617 g/mol. The van der Waals surface area contributed by atoms with Gasteiger partial charge < -0.3 is 41.8 Å². The summed E-state index contributed by atoms with van der Waals surface area (Å²) in [5.41, 5.74) is 3.04. The standard InChI is InChI=1S/C29H25NO11S.Na/c1-36-19-6-5-15(9-18(19)31)25-26-17-12-23(39-4)24(41-42(33,34)35)13-20(17)40-29(32)28(26)30-8-7-14-10-21(37-2)22(38-3)11-16(14)27(25)30;/h5-6,9-13,31H,7-8H2,1-4H3,(H,33,34,35);/q;+1/p-1. The van der Waals surface area contributed by atoms with Crippen LogP contribution < -0.4 is 58.3 Å². The average Bonchev–Trinajstić information content (AvgIpc) is 3.31. The van der Waals surface area contributed by atoms with Gasteiger partial charge in [-0.25, -0.2) is 13.2 Å². The molecule has 0 radical (unpaired) electrons. The molecule has 0 aliphatic carbocycles. The zero-order valence-electron chi connectivity index (χ0n) is 23.8. The van der Waals surface area contributed by atoms with Gasteiger partial charge in [-0.2, -0.15) is 0 Å². The second kappa shape index (κ2) is 11.3. The first-order valence-electron chi connectivity index (χ1n) is 12.6. The van der Waals surface area contributed by atoms with Crippen molar-refractivity contribution in [2.75, 3.05) is 28.4 Å². The van der Waals surface area contributed by atoms with Gasteiger partial charge in [-0.1, -0.05) is 6.07 Å². The molecule has 218 valence electrons. The van der Waals surface area contributed by atoms with E-state index in [-0.39, 0.29) is 57.9 Å². The molecule has 14 heteroatoms. The van der Waals surface area contributed by atoms with Crippen molar-refractivity contribution in [2.24, 2.45) is 0 Å². The molecule has 0 fully saturated rings. The Hall–Kier alpha value is -3.88. The summed E-state index contributed by atoms with van der Waals surface area (Å²) >= 11 is 0. The summed E-state index contributed by atoms with van der Waals surface area (Å²) in [4.78, 5) is 13.6. The Morgan fingerprint density at radius 1 is 0.884 bits per heavy atom. The van der Waals surface area contributed by atoms with E-state index in [1.54, 1.807) is 19.2 Å². The summed E-state index contributed by atoms with van der Waals surface area (Å²) in [6.07, 6.45) is 0.564. The van der Waals surface area contributed by atoms with E-state index in [0.717, 1.165) is 17.2 Å². The van der Waals surface area contributed by atoms with E-state index >= 15 is 0 Å². The van der Waals surface area contributed by atoms with Gasteiger partial charge in [0.2, 0.25) is 0 Å². The first-order chi connectivity index (χ1) is 20.1. The summed E-state index contributed by atoms with van der Waals surface area (Å²) < 4.78 is 67.9. The van der Waals surface area contributed by atoms with Gasteiger partial charge >= 0.3 is 35.2 Å². The minimum Gasteiger partial charge on any atom is -0.716 e. The number of phenolic OH excluding ortho intramolecular Hbond substituents is 1. The maximum absolute atomic E-state index is 13.6. The quantitative estimate of drug-likeness (QED) is 0.121. The molecule has 43 heavy (non-hydrogen) atoms. The third-order valence-electron chi connectivity index (χ3n) is 7.32. The van der Waals surface area contributed by atoms with Crippen molar-refractivity contribution in [1.82, 2.24) is 4.57 Å². The smallest absolute Gasteiger partial charge is 0.716 e. The number of aryl methyl sites for hydroxylation is 2. The van der Waals surface area contributed by atoms with Gasteiger partial charge in [-0.3, -0.25) is 0 Å². The van der Waals surface area contributed by atoms with Crippen LogP contribution in [0.1, 0.15) is 5.56 Å². The molecular weight excluding hydrogens is 593 g/mol. The number of aromatic hydroxyl groups is 1. The molecule has 1 aliphatic rings. The maximum atomic E-state index is 13.6. The Bertz CT molecular complexity index is 2080.